The number of rotatable bonds is 6. The number of hydrogen-bond donors (Lipinski definition) is 0. The normalized spacial score (nSPS) is 16.1. The van der Waals surface area contributed by atoms with Gasteiger partial charge in [0.2, 0.25) is 11.7 Å². The molecule has 28 heavy (non-hydrogen) atoms. The highest BCUT2D eigenvalue weighted by atomic mass is 79.9. The first-order chi connectivity index (χ1) is 13.3. The summed E-state index contributed by atoms with van der Waals surface area (Å²) in [4.78, 5) is 48.3. The van der Waals surface area contributed by atoms with E-state index in [1.807, 2.05) is 0 Å². The van der Waals surface area contributed by atoms with Gasteiger partial charge in [0.25, 0.3) is 5.69 Å². The smallest absolute Gasteiger partial charge is 0.311 e. The molecular formula is C19H15BrN2O6. The Morgan fingerprint density at radius 1 is 1.21 bits per heavy atom. The Kier molecular flexibility index (Phi) is 5.84. The van der Waals surface area contributed by atoms with Crippen LogP contribution in [0.25, 0.3) is 0 Å². The molecule has 0 aromatic heterocycles. The van der Waals surface area contributed by atoms with Crippen LogP contribution in [-0.2, 0) is 14.3 Å². The molecule has 9 heteroatoms. The summed E-state index contributed by atoms with van der Waals surface area (Å²) in [6.07, 6.45) is -0.000103. The lowest BCUT2D eigenvalue weighted by Gasteiger charge is -2.16. The van der Waals surface area contributed by atoms with Crippen LogP contribution in [0.1, 0.15) is 16.8 Å². The fourth-order valence-electron chi connectivity index (χ4n) is 2.87. The maximum Gasteiger partial charge on any atom is 0.311 e. The molecule has 2 aromatic rings. The molecule has 0 radical (unpaired) electrons. The lowest BCUT2D eigenvalue weighted by Crippen LogP contribution is -2.27. The van der Waals surface area contributed by atoms with Crippen LogP contribution in [0.2, 0.25) is 0 Å². The van der Waals surface area contributed by atoms with Gasteiger partial charge in [0, 0.05) is 40.8 Å². The molecule has 1 saturated heterocycles. The monoisotopic (exact) mass is 446 g/mol. The zero-order valence-corrected chi connectivity index (χ0v) is 16.1. The third-order valence-electron chi connectivity index (χ3n) is 4.32. The highest BCUT2D eigenvalue weighted by Gasteiger charge is 2.36. The molecule has 8 nitrogen and oxygen atoms in total. The van der Waals surface area contributed by atoms with Gasteiger partial charge in [-0.05, 0) is 24.3 Å². The minimum atomic E-state index is -0.672. The minimum Gasteiger partial charge on any atom is -0.457 e. The van der Waals surface area contributed by atoms with Crippen LogP contribution >= 0.6 is 15.9 Å². The first-order valence-corrected chi connectivity index (χ1v) is 9.14. The van der Waals surface area contributed by atoms with Crippen molar-refractivity contribution in [3.8, 4) is 0 Å². The van der Waals surface area contributed by atoms with Gasteiger partial charge in [0.05, 0.1) is 10.8 Å². The van der Waals surface area contributed by atoms with Gasteiger partial charge in [-0.1, -0.05) is 28.1 Å². The maximum absolute atomic E-state index is 12.3. The van der Waals surface area contributed by atoms with Crippen molar-refractivity contribution in [2.45, 2.75) is 6.42 Å². The predicted octanol–water partition coefficient (Wildman–Crippen LogP) is 3.14. The number of nitrogens with zero attached hydrogens (tertiary/aromatic N) is 2. The van der Waals surface area contributed by atoms with E-state index in [1.165, 1.54) is 23.1 Å². The molecule has 1 unspecified atom stereocenters. The molecule has 2 aromatic carbocycles. The molecule has 1 fully saturated rings. The van der Waals surface area contributed by atoms with Crippen LogP contribution in [-0.4, -0.2) is 35.7 Å². The third kappa shape index (κ3) is 4.42. The van der Waals surface area contributed by atoms with E-state index in [2.05, 4.69) is 15.9 Å². The maximum atomic E-state index is 12.3. The first-order valence-electron chi connectivity index (χ1n) is 8.35. The number of benzene rings is 2. The fourth-order valence-corrected chi connectivity index (χ4v) is 3.13. The number of carbonyl (C=O) groups excluding carboxylic acids is 3. The van der Waals surface area contributed by atoms with Crippen LogP contribution in [0.4, 0.5) is 11.4 Å². The van der Waals surface area contributed by atoms with Gasteiger partial charge in [0.15, 0.2) is 6.61 Å². The minimum absolute atomic E-state index is 0.000103. The van der Waals surface area contributed by atoms with E-state index in [9.17, 15) is 24.5 Å². The molecule has 1 atom stereocenters. The summed E-state index contributed by atoms with van der Waals surface area (Å²) in [5, 5.41) is 10.8. The highest BCUT2D eigenvalue weighted by Crippen LogP contribution is 2.27. The number of non-ortho nitro benzene ring substituents is 1. The Labute approximate surface area is 168 Å². The number of ketones is 1. The lowest BCUT2D eigenvalue weighted by molar-refractivity contribution is -0.384. The van der Waals surface area contributed by atoms with Crippen molar-refractivity contribution >= 4 is 45.0 Å². The Morgan fingerprint density at radius 2 is 1.93 bits per heavy atom. The molecule has 0 aliphatic carbocycles. The van der Waals surface area contributed by atoms with Gasteiger partial charge < -0.3 is 9.64 Å². The molecule has 1 heterocycles. The van der Waals surface area contributed by atoms with Crippen molar-refractivity contribution in [2.24, 2.45) is 5.92 Å². The van der Waals surface area contributed by atoms with Crippen molar-refractivity contribution < 1.29 is 24.0 Å². The van der Waals surface area contributed by atoms with E-state index < -0.39 is 29.2 Å². The SMILES string of the molecule is O=C(COC(=O)C1CC(=O)N(c2ccc(Br)cc2)C1)c1cccc([N+](=O)[O-])c1. The number of amides is 1. The Bertz CT molecular complexity index is 944. The van der Waals surface area contributed by atoms with E-state index in [0.29, 0.717) is 5.69 Å². The Balaban J connectivity index is 1.59. The van der Waals surface area contributed by atoms with Gasteiger partial charge >= 0.3 is 5.97 Å². The molecule has 144 valence electrons. The Hall–Kier alpha value is -3.07. The van der Waals surface area contributed by atoms with E-state index in [1.54, 1.807) is 24.3 Å². The Morgan fingerprint density at radius 3 is 2.61 bits per heavy atom. The van der Waals surface area contributed by atoms with Gasteiger partial charge in [-0.25, -0.2) is 0 Å². The van der Waals surface area contributed by atoms with Crippen LogP contribution in [0.5, 0.6) is 0 Å². The standard InChI is InChI=1S/C19H15BrN2O6/c20-14-4-6-15(7-5-14)21-10-13(9-18(21)24)19(25)28-11-17(23)12-2-1-3-16(8-12)22(26)27/h1-8,13H,9-11H2. The van der Waals surface area contributed by atoms with Crippen molar-refractivity contribution in [1.29, 1.82) is 0 Å². The number of ether oxygens (including phenoxy) is 1. The molecular weight excluding hydrogens is 432 g/mol. The zero-order valence-electron chi connectivity index (χ0n) is 14.5. The summed E-state index contributed by atoms with van der Waals surface area (Å²) < 4.78 is 5.92. The summed E-state index contributed by atoms with van der Waals surface area (Å²) in [7, 11) is 0. The van der Waals surface area contributed by atoms with Crippen LogP contribution in [0.3, 0.4) is 0 Å². The zero-order chi connectivity index (χ0) is 20.3. The molecule has 1 aliphatic rings. The van der Waals surface area contributed by atoms with E-state index in [-0.39, 0.29) is 30.1 Å². The number of carbonyl (C=O) groups is 3. The molecule has 3 rings (SSSR count). The molecule has 0 saturated carbocycles. The summed E-state index contributed by atoms with van der Waals surface area (Å²) in [5.74, 6) is -2.07. The topological polar surface area (TPSA) is 107 Å². The second kappa shape index (κ2) is 8.30. The summed E-state index contributed by atoms with van der Waals surface area (Å²) in [6.45, 7) is -0.368. The van der Waals surface area contributed by atoms with Crippen LogP contribution < -0.4 is 4.90 Å². The number of anilines is 1. The van der Waals surface area contributed by atoms with Crippen molar-refractivity contribution in [2.75, 3.05) is 18.1 Å². The average molecular weight is 447 g/mol. The lowest BCUT2D eigenvalue weighted by atomic mass is 10.1. The van der Waals surface area contributed by atoms with Gasteiger partial charge in [-0.2, -0.15) is 0 Å². The van der Waals surface area contributed by atoms with Crippen molar-refractivity contribution in [3.63, 3.8) is 0 Å². The number of Topliss-reactive ketones (excluding diaryl/α,β-unsaturated/α-hetero) is 1. The van der Waals surface area contributed by atoms with Gasteiger partial charge in [-0.3, -0.25) is 24.5 Å². The molecule has 0 spiro atoms. The number of nitro groups is 1. The number of nitro benzene ring substituents is 1. The molecule has 0 N–H and O–H groups in total. The highest BCUT2D eigenvalue weighted by molar-refractivity contribution is 9.10. The number of hydrogen-bond acceptors (Lipinski definition) is 6. The molecule has 1 amide bonds. The second-order valence-corrected chi connectivity index (χ2v) is 7.14. The number of esters is 1. The molecule has 1 aliphatic heterocycles. The van der Waals surface area contributed by atoms with E-state index >= 15 is 0 Å². The van der Waals surface area contributed by atoms with Gasteiger partial charge in [-0.15, -0.1) is 0 Å². The number of halogens is 1. The van der Waals surface area contributed by atoms with E-state index in [4.69, 9.17) is 4.74 Å². The third-order valence-corrected chi connectivity index (χ3v) is 4.85. The second-order valence-electron chi connectivity index (χ2n) is 6.22. The largest absolute Gasteiger partial charge is 0.457 e. The fraction of sp³-hybridized carbons (Fsp3) is 0.211. The van der Waals surface area contributed by atoms with Gasteiger partial charge in [0.1, 0.15) is 0 Å². The van der Waals surface area contributed by atoms with Crippen LogP contribution in [0.15, 0.2) is 53.0 Å². The average Bonchev–Trinajstić information content (AvgIpc) is 3.08. The predicted molar refractivity (Wildman–Crippen MR) is 103 cm³/mol. The first kappa shape index (κ1) is 19.7. The summed E-state index contributed by atoms with van der Waals surface area (Å²) in [5.41, 5.74) is 0.542. The summed E-state index contributed by atoms with van der Waals surface area (Å²) >= 11 is 3.32. The van der Waals surface area contributed by atoms with Crippen molar-refractivity contribution in [1.82, 2.24) is 0 Å². The molecule has 0 bridgehead atoms. The quantitative estimate of drug-likeness (QED) is 0.292. The van der Waals surface area contributed by atoms with E-state index in [0.717, 1.165) is 10.5 Å². The van der Waals surface area contributed by atoms with Crippen molar-refractivity contribution in [3.05, 3.63) is 68.7 Å². The van der Waals surface area contributed by atoms with Crippen LogP contribution in [0, 0.1) is 16.0 Å². The summed E-state index contributed by atoms with van der Waals surface area (Å²) in [6, 6.07) is 12.3.